The van der Waals surface area contributed by atoms with E-state index in [1.807, 2.05) is 31.0 Å². The van der Waals surface area contributed by atoms with Gasteiger partial charge in [-0.3, -0.25) is 0 Å². The van der Waals surface area contributed by atoms with Gasteiger partial charge in [-0.1, -0.05) is 11.6 Å². The van der Waals surface area contributed by atoms with E-state index in [1.165, 1.54) is 0 Å². The van der Waals surface area contributed by atoms with Gasteiger partial charge < -0.3 is 9.75 Å². The molecule has 3 nitrogen and oxygen atoms in total. The molecule has 1 rings (SSSR count). The number of hydrogen-bond donors (Lipinski definition) is 0. The largest absolute Gasteiger partial charge is 0.496 e. The lowest BCUT2D eigenvalue weighted by Crippen LogP contribution is -2.33. The van der Waals surface area contributed by atoms with E-state index in [2.05, 4.69) is 0 Å². The highest BCUT2D eigenvalue weighted by Gasteiger charge is 2.31. The summed E-state index contributed by atoms with van der Waals surface area (Å²) in [5, 5.41) is 3.88. The summed E-state index contributed by atoms with van der Waals surface area (Å²) in [6.07, 6.45) is 0. The zero-order valence-electron chi connectivity index (χ0n) is 7.26. The number of hydrogen-bond acceptors (Lipinski definition) is 3. The monoisotopic (exact) mass is 176 g/mol. The number of likely N-dealkylation sites (N-methyl/N-ethyl adjacent to an activating group) is 1. The van der Waals surface area contributed by atoms with Crippen molar-refractivity contribution in [3.8, 4) is 0 Å². The summed E-state index contributed by atoms with van der Waals surface area (Å²) >= 11 is 6.02. The van der Waals surface area contributed by atoms with Gasteiger partial charge in [-0.15, -0.1) is 0 Å². The van der Waals surface area contributed by atoms with Crippen LogP contribution in [0.4, 0.5) is 0 Å². The molecule has 64 valence electrons. The van der Waals surface area contributed by atoms with Crippen LogP contribution < -0.4 is 0 Å². The molecule has 0 aromatic carbocycles. The fraction of sp³-hybridized carbons (Fsp3) is 0.714. The maximum absolute atomic E-state index is 6.02. The van der Waals surface area contributed by atoms with Crippen LogP contribution in [0.5, 0.6) is 0 Å². The maximum Gasteiger partial charge on any atom is 0.161 e. The average Bonchev–Trinajstić information content (AvgIpc) is 2.17. The molecule has 0 saturated carbocycles. The fourth-order valence-electron chi connectivity index (χ4n) is 1.14. The number of allylic oxidation sites excluding steroid dienone is 1. The van der Waals surface area contributed by atoms with Gasteiger partial charge in [0.15, 0.2) is 5.50 Å². The van der Waals surface area contributed by atoms with Crippen LogP contribution in [-0.4, -0.2) is 36.7 Å². The standard InChI is InChI=1S/C7H13ClN2O/c1-5-6(11-4)7(8)10(3)9(5)2/h7H,1-4H3. The smallest absolute Gasteiger partial charge is 0.161 e. The number of methoxy groups -OCH3 is 1. The van der Waals surface area contributed by atoms with Gasteiger partial charge in [-0.2, -0.15) is 5.01 Å². The summed E-state index contributed by atoms with van der Waals surface area (Å²) in [6.45, 7) is 1.98. The number of ether oxygens (including phenoxy) is 1. The lowest BCUT2D eigenvalue weighted by molar-refractivity contribution is 0.0832. The summed E-state index contributed by atoms with van der Waals surface area (Å²) in [7, 11) is 5.52. The number of halogens is 1. The van der Waals surface area contributed by atoms with Crippen molar-refractivity contribution in [1.29, 1.82) is 0 Å². The van der Waals surface area contributed by atoms with Gasteiger partial charge in [0.05, 0.1) is 12.8 Å². The Labute approximate surface area is 72.1 Å². The van der Waals surface area contributed by atoms with E-state index in [1.54, 1.807) is 7.11 Å². The van der Waals surface area contributed by atoms with Crippen LogP contribution in [0.25, 0.3) is 0 Å². The summed E-state index contributed by atoms with van der Waals surface area (Å²) < 4.78 is 5.14. The van der Waals surface area contributed by atoms with Crippen LogP contribution in [0.2, 0.25) is 0 Å². The highest BCUT2D eigenvalue weighted by atomic mass is 35.5. The molecule has 1 atom stereocenters. The zero-order valence-corrected chi connectivity index (χ0v) is 8.01. The predicted octanol–water partition coefficient (Wildman–Crippen LogP) is 1.22. The van der Waals surface area contributed by atoms with Crippen molar-refractivity contribution in [1.82, 2.24) is 10.0 Å². The van der Waals surface area contributed by atoms with Crippen LogP contribution in [-0.2, 0) is 4.74 Å². The molecule has 0 aliphatic carbocycles. The summed E-state index contributed by atoms with van der Waals surface area (Å²) in [6, 6.07) is 0. The van der Waals surface area contributed by atoms with Gasteiger partial charge in [0.2, 0.25) is 0 Å². The van der Waals surface area contributed by atoms with Crippen LogP contribution in [0.1, 0.15) is 6.92 Å². The summed E-state index contributed by atoms with van der Waals surface area (Å²) in [5.74, 6) is 0.830. The van der Waals surface area contributed by atoms with E-state index in [0.717, 1.165) is 11.5 Å². The lowest BCUT2D eigenvalue weighted by Gasteiger charge is -2.24. The quantitative estimate of drug-likeness (QED) is 0.442. The molecule has 1 heterocycles. The number of nitrogens with zero attached hydrogens (tertiary/aromatic N) is 2. The van der Waals surface area contributed by atoms with Crippen LogP contribution in [0.15, 0.2) is 11.5 Å². The molecule has 0 aromatic heterocycles. The summed E-state index contributed by atoms with van der Waals surface area (Å²) in [5.41, 5.74) is 0.903. The van der Waals surface area contributed by atoms with Crippen molar-refractivity contribution in [2.24, 2.45) is 0 Å². The molecule has 0 N–H and O–H groups in total. The molecule has 0 amide bonds. The normalized spacial score (nSPS) is 26.6. The Kier molecular flexibility index (Phi) is 2.30. The topological polar surface area (TPSA) is 15.7 Å². The molecule has 0 aromatic rings. The van der Waals surface area contributed by atoms with Crippen LogP contribution >= 0.6 is 11.6 Å². The van der Waals surface area contributed by atoms with Crippen molar-refractivity contribution < 1.29 is 4.74 Å². The maximum atomic E-state index is 6.02. The van der Waals surface area contributed by atoms with Gasteiger partial charge in [-0.25, -0.2) is 0 Å². The van der Waals surface area contributed by atoms with Crippen LogP contribution in [0.3, 0.4) is 0 Å². The minimum atomic E-state index is -0.162. The molecule has 0 spiro atoms. The number of hydrazine groups is 1. The fourth-order valence-corrected chi connectivity index (χ4v) is 1.51. The molecule has 1 aliphatic rings. The third-order valence-electron chi connectivity index (χ3n) is 2.08. The second-order valence-corrected chi connectivity index (χ2v) is 3.00. The Bertz CT molecular complexity index is 193. The van der Waals surface area contributed by atoms with Gasteiger partial charge in [0, 0.05) is 14.1 Å². The molecule has 1 unspecified atom stereocenters. The number of alkyl halides is 1. The van der Waals surface area contributed by atoms with Gasteiger partial charge in [-0.05, 0) is 6.92 Å². The second kappa shape index (κ2) is 2.91. The molecule has 0 fully saturated rings. The van der Waals surface area contributed by atoms with Crippen molar-refractivity contribution in [3.05, 3.63) is 11.5 Å². The molecule has 1 aliphatic heterocycles. The van der Waals surface area contributed by atoms with E-state index >= 15 is 0 Å². The number of rotatable bonds is 1. The van der Waals surface area contributed by atoms with Crippen molar-refractivity contribution in [2.45, 2.75) is 12.4 Å². The van der Waals surface area contributed by atoms with E-state index in [9.17, 15) is 0 Å². The van der Waals surface area contributed by atoms with Crippen molar-refractivity contribution >= 4 is 11.6 Å². The van der Waals surface area contributed by atoms with Crippen LogP contribution in [0, 0.1) is 0 Å². The Morgan fingerprint density at radius 1 is 1.45 bits per heavy atom. The molecule has 11 heavy (non-hydrogen) atoms. The lowest BCUT2D eigenvalue weighted by atomic mass is 10.4. The Hall–Kier alpha value is -0.410. The first kappa shape index (κ1) is 8.68. The predicted molar refractivity (Wildman–Crippen MR) is 44.9 cm³/mol. The molecule has 0 bridgehead atoms. The average molecular weight is 177 g/mol. The molecular weight excluding hydrogens is 164 g/mol. The second-order valence-electron chi connectivity index (χ2n) is 2.59. The van der Waals surface area contributed by atoms with Crippen molar-refractivity contribution in [3.63, 3.8) is 0 Å². The third-order valence-corrected chi connectivity index (χ3v) is 2.56. The molecule has 0 radical (unpaired) electrons. The minimum absolute atomic E-state index is 0.162. The summed E-state index contributed by atoms with van der Waals surface area (Å²) in [4.78, 5) is 0. The Morgan fingerprint density at radius 2 is 2.00 bits per heavy atom. The first-order valence-corrected chi connectivity index (χ1v) is 3.88. The molecule has 4 heteroatoms. The highest BCUT2D eigenvalue weighted by Crippen LogP contribution is 2.28. The first-order chi connectivity index (χ1) is 5.09. The SMILES string of the molecule is COC1=C(C)N(C)N(C)C1Cl. The van der Waals surface area contributed by atoms with Gasteiger partial charge in [0.1, 0.15) is 5.76 Å². The molecular formula is C7H13ClN2O. The van der Waals surface area contributed by atoms with E-state index < -0.39 is 0 Å². The van der Waals surface area contributed by atoms with Crippen molar-refractivity contribution in [2.75, 3.05) is 21.2 Å². The van der Waals surface area contributed by atoms with E-state index in [4.69, 9.17) is 16.3 Å². The van der Waals surface area contributed by atoms with Gasteiger partial charge >= 0.3 is 0 Å². The Morgan fingerprint density at radius 3 is 2.18 bits per heavy atom. The Balaban J connectivity index is 2.88. The van der Waals surface area contributed by atoms with E-state index in [0.29, 0.717) is 0 Å². The minimum Gasteiger partial charge on any atom is -0.496 e. The molecule has 0 saturated heterocycles. The van der Waals surface area contributed by atoms with E-state index in [-0.39, 0.29) is 5.50 Å². The highest BCUT2D eigenvalue weighted by molar-refractivity contribution is 6.22. The van der Waals surface area contributed by atoms with Gasteiger partial charge in [0.25, 0.3) is 0 Å². The first-order valence-electron chi connectivity index (χ1n) is 3.45. The zero-order chi connectivity index (χ0) is 8.59. The third kappa shape index (κ3) is 1.19.